The van der Waals surface area contributed by atoms with Gasteiger partial charge in [0.05, 0.1) is 11.3 Å². The van der Waals surface area contributed by atoms with E-state index in [9.17, 15) is 10.1 Å². The summed E-state index contributed by atoms with van der Waals surface area (Å²) in [5.74, 6) is 0.0543. The second-order valence-electron chi connectivity index (χ2n) is 6.69. The van der Waals surface area contributed by atoms with Crippen LogP contribution in [0.5, 0.6) is 0 Å². The SMILES string of the molecule is Cc1sc(NC(=O)CSc2nnc(-c3ccc(Cl)cc3)o2)c(C#N)c1-c1ccc(Cl)cc1Cl. The van der Waals surface area contributed by atoms with Crippen molar-refractivity contribution in [3.8, 4) is 28.7 Å². The molecule has 0 aliphatic heterocycles. The number of thioether (sulfide) groups is 1. The molecule has 4 rings (SSSR count). The molecule has 0 radical (unpaired) electrons. The van der Waals surface area contributed by atoms with E-state index in [1.807, 2.05) is 6.92 Å². The number of benzene rings is 2. The molecule has 2 aromatic carbocycles. The van der Waals surface area contributed by atoms with Crippen molar-refractivity contribution in [2.75, 3.05) is 11.1 Å². The summed E-state index contributed by atoms with van der Waals surface area (Å²) in [6.07, 6.45) is 0. The number of amides is 1. The number of hydrogen-bond donors (Lipinski definition) is 1. The van der Waals surface area contributed by atoms with E-state index < -0.39 is 0 Å². The highest BCUT2D eigenvalue weighted by atomic mass is 35.5. The smallest absolute Gasteiger partial charge is 0.277 e. The van der Waals surface area contributed by atoms with Crippen LogP contribution in [0.15, 0.2) is 52.1 Å². The molecule has 0 spiro atoms. The van der Waals surface area contributed by atoms with Gasteiger partial charge in [0.1, 0.15) is 11.1 Å². The molecular weight excluding hydrogens is 523 g/mol. The summed E-state index contributed by atoms with van der Waals surface area (Å²) < 4.78 is 5.60. The van der Waals surface area contributed by atoms with Gasteiger partial charge in [-0.05, 0) is 43.3 Å². The Labute approximate surface area is 212 Å². The van der Waals surface area contributed by atoms with E-state index in [1.54, 1.807) is 42.5 Å². The van der Waals surface area contributed by atoms with Crippen molar-refractivity contribution in [2.45, 2.75) is 12.1 Å². The molecule has 33 heavy (non-hydrogen) atoms. The number of aryl methyl sites for hydroxylation is 1. The molecular formula is C22H13Cl3N4O2S2. The molecule has 11 heteroatoms. The molecule has 0 unspecified atom stereocenters. The lowest BCUT2D eigenvalue weighted by Gasteiger charge is -2.06. The summed E-state index contributed by atoms with van der Waals surface area (Å²) in [7, 11) is 0. The highest BCUT2D eigenvalue weighted by Gasteiger charge is 2.21. The van der Waals surface area contributed by atoms with Crippen molar-refractivity contribution in [3.05, 3.63) is 68.0 Å². The van der Waals surface area contributed by atoms with E-state index in [-0.39, 0.29) is 16.9 Å². The number of carbonyl (C=O) groups is 1. The van der Waals surface area contributed by atoms with Crippen LogP contribution < -0.4 is 5.32 Å². The molecule has 0 saturated carbocycles. The number of hydrogen-bond acceptors (Lipinski definition) is 7. The Balaban J connectivity index is 1.46. The van der Waals surface area contributed by atoms with Crippen molar-refractivity contribution in [1.29, 1.82) is 5.26 Å². The van der Waals surface area contributed by atoms with Gasteiger partial charge in [0.15, 0.2) is 0 Å². The van der Waals surface area contributed by atoms with Crippen LogP contribution in [0, 0.1) is 18.3 Å². The van der Waals surface area contributed by atoms with Gasteiger partial charge in [0.25, 0.3) is 5.22 Å². The van der Waals surface area contributed by atoms with Gasteiger partial charge in [-0.2, -0.15) is 5.26 Å². The third-order valence-corrected chi connectivity index (χ3v) is 7.11. The average molecular weight is 536 g/mol. The van der Waals surface area contributed by atoms with Crippen molar-refractivity contribution in [1.82, 2.24) is 10.2 Å². The van der Waals surface area contributed by atoms with Crippen molar-refractivity contribution >= 4 is 68.8 Å². The predicted octanol–water partition coefficient (Wildman–Crippen LogP) is 7.34. The minimum atomic E-state index is -0.308. The summed E-state index contributed by atoms with van der Waals surface area (Å²) in [4.78, 5) is 13.4. The first kappa shape index (κ1) is 23.6. The first-order valence-corrected chi connectivity index (χ1v) is 12.3. The summed E-state index contributed by atoms with van der Waals surface area (Å²) in [5, 5.41) is 22.8. The molecule has 2 heterocycles. The first-order chi connectivity index (χ1) is 15.9. The van der Waals surface area contributed by atoms with Crippen LogP contribution in [0.2, 0.25) is 15.1 Å². The fourth-order valence-electron chi connectivity index (χ4n) is 3.02. The van der Waals surface area contributed by atoms with E-state index in [1.165, 1.54) is 11.3 Å². The third kappa shape index (κ3) is 5.35. The van der Waals surface area contributed by atoms with Crippen molar-refractivity contribution in [3.63, 3.8) is 0 Å². The molecule has 0 bridgehead atoms. The topological polar surface area (TPSA) is 91.8 Å². The van der Waals surface area contributed by atoms with E-state index in [0.29, 0.717) is 42.7 Å². The van der Waals surface area contributed by atoms with Crippen LogP contribution in [-0.4, -0.2) is 21.9 Å². The molecule has 6 nitrogen and oxygen atoms in total. The maximum absolute atomic E-state index is 12.6. The number of halogens is 3. The Morgan fingerprint density at radius 1 is 1.15 bits per heavy atom. The lowest BCUT2D eigenvalue weighted by atomic mass is 10.0. The third-order valence-electron chi connectivity index (χ3n) is 4.47. The zero-order chi connectivity index (χ0) is 23.5. The van der Waals surface area contributed by atoms with Crippen LogP contribution in [-0.2, 0) is 4.79 Å². The van der Waals surface area contributed by atoms with Crippen LogP contribution in [0.25, 0.3) is 22.6 Å². The highest BCUT2D eigenvalue weighted by Crippen LogP contribution is 2.42. The minimum absolute atomic E-state index is 0.0289. The highest BCUT2D eigenvalue weighted by molar-refractivity contribution is 7.99. The second kappa shape index (κ2) is 10.2. The van der Waals surface area contributed by atoms with Crippen molar-refractivity contribution < 1.29 is 9.21 Å². The quantitative estimate of drug-likeness (QED) is 0.260. The number of nitriles is 1. The number of thiophene rings is 1. The maximum atomic E-state index is 12.6. The zero-order valence-corrected chi connectivity index (χ0v) is 20.8. The van der Waals surface area contributed by atoms with Gasteiger partial charge in [-0.15, -0.1) is 21.5 Å². The molecule has 0 aliphatic rings. The number of rotatable bonds is 6. The zero-order valence-electron chi connectivity index (χ0n) is 16.9. The monoisotopic (exact) mass is 534 g/mol. The molecule has 2 aromatic heterocycles. The summed E-state index contributed by atoms with van der Waals surface area (Å²) in [6, 6.07) is 14.2. The molecule has 0 fully saturated rings. The Bertz CT molecular complexity index is 1380. The van der Waals surface area contributed by atoms with Gasteiger partial charge >= 0.3 is 0 Å². The fourth-order valence-corrected chi connectivity index (χ4v) is 5.25. The molecule has 0 saturated heterocycles. The van der Waals surface area contributed by atoms with Gasteiger partial charge in [-0.25, -0.2) is 0 Å². The Morgan fingerprint density at radius 3 is 2.58 bits per heavy atom. The predicted molar refractivity (Wildman–Crippen MR) is 133 cm³/mol. The molecule has 166 valence electrons. The number of nitrogens with zero attached hydrogens (tertiary/aromatic N) is 3. The Hall–Kier alpha value is -2.54. The average Bonchev–Trinajstić information content (AvgIpc) is 3.37. The maximum Gasteiger partial charge on any atom is 0.277 e. The van der Waals surface area contributed by atoms with Gasteiger partial charge in [-0.3, -0.25) is 4.79 Å². The molecule has 1 amide bonds. The lowest BCUT2D eigenvalue weighted by Crippen LogP contribution is -2.13. The van der Waals surface area contributed by atoms with Crippen LogP contribution in [0.1, 0.15) is 10.4 Å². The number of carbonyl (C=O) groups excluding carboxylic acids is 1. The summed E-state index contributed by atoms with van der Waals surface area (Å²) >= 11 is 20.6. The van der Waals surface area contributed by atoms with E-state index in [0.717, 1.165) is 22.2 Å². The number of anilines is 1. The fraction of sp³-hybridized carbons (Fsp3) is 0.0909. The first-order valence-electron chi connectivity index (χ1n) is 9.36. The molecule has 1 N–H and O–H groups in total. The largest absolute Gasteiger partial charge is 0.411 e. The van der Waals surface area contributed by atoms with Gasteiger partial charge < -0.3 is 9.73 Å². The summed E-state index contributed by atoms with van der Waals surface area (Å²) in [5.41, 5.74) is 2.44. The van der Waals surface area contributed by atoms with Crippen LogP contribution >= 0.6 is 57.9 Å². The lowest BCUT2D eigenvalue weighted by molar-refractivity contribution is -0.113. The molecule has 4 aromatic rings. The minimum Gasteiger partial charge on any atom is -0.411 e. The van der Waals surface area contributed by atoms with E-state index in [4.69, 9.17) is 39.2 Å². The molecule has 0 atom stereocenters. The Kier molecular flexibility index (Phi) is 7.27. The number of nitrogens with one attached hydrogen (secondary N) is 1. The van der Waals surface area contributed by atoms with Crippen molar-refractivity contribution in [2.24, 2.45) is 0 Å². The van der Waals surface area contributed by atoms with E-state index >= 15 is 0 Å². The normalized spacial score (nSPS) is 10.8. The van der Waals surface area contributed by atoms with Gasteiger partial charge in [0, 0.05) is 36.6 Å². The number of aromatic nitrogens is 2. The van der Waals surface area contributed by atoms with E-state index in [2.05, 4.69) is 21.6 Å². The second-order valence-corrected chi connectivity index (χ2v) is 10.1. The van der Waals surface area contributed by atoms with Crippen LogP contribution in [0.3, 0.4) is 0 Å². The van der Waals surface area contributed by atoms with Crippen LogP contribution in [0.4, 0.5) is 5.00 Å². The van der Waals surface area contributed by atoms with Gasteiger partial charge in [0.2, 0.25) is 11.8 Å². The summed E-state index contributed by atoms with van der Waals surface area (Å²) in [6.45, 7) is 1.87. The molecule has 0 aliphatic carbocycles. The Morgan fingerprint density at radius 2 is 1.88 bits per heavy atom. The standard InChI is InChI=1S/C22H13Cl3N4O2S2/c1-11-19(15-7-6-14(24)8-17(15)25)16(9-26)21(33-11)27-18(30)10-32-22-29-28-20(31-22)12-2-4-13(23)5-3-12/h2-8H,10H2,1H3,(H,27,30). The van der Waals surface area contributed by atoms with Gasteiger partial charge in [-0.1, -0.05) is 52.6 Å².